The van der Waals surface area contributed by atoms with E-state index in [0.29, 0.717) is 12.1 Å². The SMILES string of the molecule is CC(C)Cc1ccc(CN2CCCC(NC3CCN(Cc4ccccn4)CC3)C2)cc1. The van der Waals surface area contributed by atoms with Crippen LogP contribution in [-0.4, -0.2) is 53.0 Å². The molecule has 2 saturated heterocycles. The molecule has 3 heterocycles. The number of nitrogens with one attached hydrogen (secondary N) is 1. The molecule has 1 aromatic carbocycles. The summed E-state index contributed by atoms with van der Waals surface area (Å²) in [6, 6.07) is 16.9. The van der Waals surface area contributed by atoms with Crippen LogP contribution in [0.25, 0.3) is 0 Å². The van der Waals surface area contributed by atoms with Crippen molar-refractivity contribution < 1.29 is 0 Å². The molecule has 4 nitrogen and oxygen atoms in total. The van der Waals surface area contributed by atoms with E-state index >= 15 is 0 Å². The van der Waals surface area contributed by atoms with Crippen LogP contribution in [0.1, 0.15) is 56.4 Å². The van der Waals surface area contributed by atoms with Crippen molar-refractivity contribution in [2.75, 3.05) is 26.2 Å². The Morgan fingerprint density at radius 2 is 1.65 bits per heavy atom. The van der Waals surface area contributed by atoms with E-state index in [1.54, 1.807) is 0 Å². The smallest absolute Gasteiger partial charge is 0.0543 e. The summed E-state index contributed by atoms with van der Waals surface area (Å²) >= 11 is 0. The van der Waals surface area contributed by atoms with Gasteiger partial charge in [0.2, 0.25) is 0 Å². The van der Waals surface area contributed by atoms with E-state index in [4.69, 9.17) is 0 Å². The summed E-state index contributed by atoms with van der Waals surface area (Å²) in [6.07, 6.45) is 8.20. The van der Waals surface area contributed by atoms with Gasteiger partial charge in [0, 0.05) is 51.0 Å². The van der Waals surface area contributed by atoms with Gasteiger partial charge in [-0.3, -0.25) is 14.8 Å². The molecule has 0 saturated carbocycles. The fourth-order valence-corrected chi connectivity index (χ4v) is 5.16. The molecule has 1 N–H and O–H groups in total. The summed E-state index contributed by atoms with van der Waals surface area (Å²) in [5, 5.41) is 4.00. The van der Waals surface area contributed by atoms with E-state index in [-0.39, 0.29) is 0 Å². The maximum atomic E-state index is 4.48. The summed E-state index contributed by atoms with van der Waals surface area (Å²) in [5.41, 5.74) is 4.11. The summed E-state index contributed by atoms with van der Waals surface area (Å²) < 4.78 is 0. The number of pyridine rings is 1. The van der Waals surface area contributed by atoms with Crippen LogP contribution < -0.4 is 5.32 Å². The summed E-state index contributed by atoms with van der Waals surface area (Å²) in [6.45, 7) is 11.4. The fraction of sp³-hybridized carbons (Fsp3) is 0.593. The lowest BCUT2D eigenvalue weighted by Gasteiger charge is -2.38. The Labute approximate surface area is 189 Å². The lowest BCUT2D eigenvalue weighted by Crippen LogP contribution is -2.51. The molecular weight excluding hydrogens is 380 g/mol. The molecule has 1 unspecified atom stereocenters. The van der Waals surface area contributed by atoms with Crippen molar-refractivity contribution in [1.29, 1.82) is 0 Å². The van der Waals surface area contributed by atoms with Crippen LogP contribution >= 0.6 is 0 Å². The van der Waals surface area contributed by atoms with Gasteiger partial charge in [0.15, 0.2) is 0 Å². The third kappa shape index (κ3) is 7.13. The van der Waals surface area contributed by atoms with Crippen molar-refractivity contribution in [3.8, 4) is 0 Å². The average Bonchev–Trinajstić information content (AvgIpc) is 2.77. The molecule has 31 heavy (non-hydrogen) atoms. The quantitative estimate of drug-likeness (QED) is 0.681. The van der Waals surface area contributed by atoms with Crippen LogP contribution in [0.2, 0.25) is 0 Å². The minimum Gasteiger partial charge on any atom is -0.310 e. The van der Waals surface area contributed by atoms with Gasteiger partial charge in [-0.1, -0.05) is 44.2 Å². The van der Waals surface area contributed by atoms with E-state index in [9.17, 15) is 0 Å². The van der Waals surface area contributed by atoms with Crippen molar-refractivity contribution in [3.63, 3.8) is 0 Å². The zero-order valence-electron chi connectivity index (χ0n) is 19.5. The van der Waals surface area contributed by atoms with Gasteiger partial charge in [-0.15, -0.1) is 0 Å². The Hall–Kier alpha value is -1.75. The van der Waals surface area contributed by atoms with Crippen LogP contribution in [0.3, 0.4) is 0 Å². The normalized spacial score (nSPS) is 21.6. The summed E-state index contributed by atoms with van der Waals surface area (Å²) in [7, 11) is 0. The van der Waals surface area contributed by atoms with Gasteiger partial charge in [-0.2, -0.15) is 0 Å². The molecule has 0 amide bonds. The maximum Gasteiger partial charge on any atom is 0.0543 e. The monoisotopic (exact) mass is 420 g/mol. The van der Waals surface area contributed by atoms with E-state index in [0.717, 1.165) is 19.0 Å². The lowest BCUT2D eigenvalue weighted by atomic mass is 9.99. The molecular formula is C27H40N4. The molecule has 0 spiro atoms. The minimum absolute atomic E-state index is 0.640. The predicted molar refractivity (Wildman–Crippen MR) is 129 cm³/mol. The molecule has 1 atom stereocenters. The molecule has 2 fully saturated rings. The topological polar surface area (TPSA) is 31.4 Å². The van der Waals surface area contributed by atoms with E-state index in [1.807, 2.05) is 12.3 Å². The van der Waals surface area contributed by atoms with Crippen molar-refractivity contribution in [1.82, 2.24) is 20.1 Å². The Morgan fingerprint density at radius 1 is 0.871 bits per heavy atom. The number of nitrogens with zero attached hydrogens (tertiary/aromatic N) is 3. The second kappa shape index (κ2) is 11.2. The van der Waals surface area contributed by atoms with Crippen LogP contribution in [0.4, 0.5) is 0 Å². The van der Waals surface area contributed by atoms with Gasteiger partial charge >= 0.3 is 0 Å². The molecule has 2 aliphatic rings. The minimum atomic E-state index is 0.640. The molecule has 2 aromatic rings. The lowest BCUT2D eigenvalue weighted by molar-refractivity contribution is 0.146. The number of likely N-dealkylation sites (tertiary alicyclic amines) is 2. The Balaban J connectivity index is 1.20. The fourth-order valence-electron chi connectivity index (χ4n) is 5.16. The number of rotatable bonds is 8. The van der Waals surface area contributed by atoms with Crippen LogP contribution in [0.5, 0.6) is 0 Å². The Bertz CT molecular complexity index is 766. The number of hydrogen-bond donors (Lipinski definition) is 1. The molecule has 0 aliphatic carbocycles. The zero-order valence-corrected chi connectivity index (χ0v) is 19.5. The third-order valence-electron chi connectivity index (χ3n) is 6.75. The molecule has 4 rings (SSSR count). The molecule has 0 radical (unpaired) electrons. The van der Waals surface area contributed by atoms with Gasteiger partial charge in [-0.25, -0.2) is 0 Å². The highest BCUT2D eigenvalue weighted by Gasteiger charge is 2.25. The van der Waals surface area contributed by atoms with Gasteiger partial charge in [-0.05, 0) is 67.8 Å². The van der Waals surface area contributed by atoms with Crippen molar-refractivity contribution in [3.05, 3.63) is 65.5 Å². The largest absolute Gasteiger partial charge is 0.310 e. The van der Waals surface area contributed by atoms with Crippen LogP contribution in [0.15, 0.2) is 48.7 Å². The molecule has 1 aromatic heterocycles. The van der Waals surface area contributed by atoms with Crippen molar-refractivity contribution in [2.24, 2.45) is 5.92 Å². The Morgan fingerprint density at radius 3 is 2.35 bits per heavy atom. The maximum absolute atomic E-state index is 4.48. The molecule has 4 heteroatoms. The van der Waals surface area contributed by atoms with Crippen LogP contribution in [0, 0.1) is 5.92 Å². The highest BCUT2D eigenvalue weighted by Crippen LogP contribution is 2.19. The number of piperidine rings is 2. The molecule has 168 valence electrons. The van der Waals surface area contributed by atoms with Gasteiger partial charge < -0.3 is 5.32 Å². The number of benzene rings is 1. The summed E-state index contributed by atoms with van der Waals surface area (Å²) in [4.78, 5) is 9.68. The molecule has 2 aliphatic heterocycles. The highest BCUT2D eigenvalue weighted by atomic mass is 15.2. The van der Waals surface area contributed by atoms with Crippen molar-refractivity contribution >= 4 is 0 Å². The number of aromatic nitrogens is 1. The second-order valence-electron chi connectivity index (χ2n) is 10.0. The van der Waals surface area contributed by atoms with Crippen LogP contribution in [-0.2, 0) is 19.5 Å². The predicted octanol–water partition coefficient (Wildman–Crippen LogP) is 4.50. The summed E-state index contributed by atoms with van der Waals surface area (Å²) in [5.74, 6) is 0.724. The second-order valence-corrected chi connectivity index (χ2v) is 10.0. The molecule has 0 bridgehead atoms. The third-order valence-corrected chi connectivity index (χ3v) is 6.75. The highest BCUT2D eigenvalue weighted by molar-refractivity contribution is 5.23. The van der Waals surface area contributed by atoms with Gasteiger partial charge in [0.05, 0.1) is 5.69 Å². The first-order valence-corrected chi connectivity index (χ1v) is 12.3. The standard InChI is InChI=1S/C27H40N4/c1-22(2)18-23-8-10-24(11-9-23)19-31-15-5-7-27(21-31)29-25-12-16-30(17-13-25)20-26-6-3-4-14-28-26/h3-4,6,8-11,14,22,25,27,29H,5,7,12-13,15-21H2,1-2H3. The van der Waals surface area contributed by atoms with Gasteiger partial charge in [0.1, 0.15) is 0 Å². The van der Waals surface area contributed by atoms with E-state index < -0.39 is 0 Å². The first-order chi connectivity index (χ1) is 15.1. The first kappa shape index (κ1) is 22.4. The average molecular weight is 421 g/mol. The van der Waals surface area contributed by atoms with Crippen molar-refractivity contribution in [2.45, 2.75) is 71.1 Å². The zero-order chi connectivity index (χ0) is 21.5. The Kier molecular flexibility index (Phi) is 8.12. The first-order valence-electron chi connectivity index (χ1n) is 12.3. The van der Waals surface area contributed by atoms with E-state index in [2.05, 4.69) is 70.3 Å². The van der Waals surface area contributed by atoms with Gasteiger partial charge in [0.25, 0.3) is 0 Å². The number of hydrogen-bond acceptors (Lipinski definition) is 4. The van der Waals surface area contributed by atoms with E-state index in [1.165, 1.54) is 75.1 Å².